The number of aryl methyl sites for hydroxylation is 2. The van der Waals surface area contributed by atoms with E-state index >= 15 is 0 Å². The number of aliphatic hydroxyl groups excluding tert-OH is 1. The Labute approximate surface area is 130 Å². The second-order valence-corrected chi connectivity index (χ2v) is 6.01. The van der Waals surface area contributed by atoms with Crippen LogP contribution in [0.15, 0.2) is 36.4 Å². The Morgan fingerprint density at radius 2 is 2.10 bits per heavy atom. The molecule has 1 unspecified atom stereocenters. The van der Waals surface area contributed by atoms with Gasteiger partial charge in [-0.2, -0.15) is 0 Å². The number of aliphatic hydroxyl groups is 1. The minimum absolute atomic E-state index is 0.453. The Balaban J connectivity index is 1.65. The molecule has 0 saturated heterocycles. The Kier molecular flexibility index (Phi) is 4.18. The van der Waals surface area contributed by atoms with Crippen molar-refractivity contribution in [3.63, 3.8) is 0 Å². The smallest absolute Gasteiger partial charge is 0.122 e. The third kappa shape index (κ3) is 3.22. The van der Waals surface area contributed by atoms with E-state index in [4.69, 9.17) is 16.3 Å². The van der Waals surface area contributed by atoms with Crippen LogP contribution in [-0.4, -0.2) is 11.7 Å². The lowest BCUT2D eigenvalue weighted by atomic mass is 9.99. The van der Waals surface area contributed by atoms with E-state index in [0.717, 1.165) is 41.3 Å². The molecule has 3 rings (SSSR count). The highest BCUT2D eigenvalue weighted by atomic mass is 35.5. The molecule has 21 heavy (non-hydrogen) atoms. The number of ether oxygens (including phenoxy) is 1. The first-order valence-electron chi connectivity index (χ1n) is 7.32. The predicted octanol–water partition coefficient (Wildman–Crippen LogP) is 4.25. The second-order valence-electron chi connectivity index (χ2n) is 5.60. The summed E-state index contributed by atoms with van der Waals surface area (Å²) < 4.78 is 5.51. The summed E-state index contributed by atoms with van der Waals surface area (Å²) in [7, 11) is 0. The van der Waals surface area contributed by atoms with Crippen LogP contribution in [0.2, 0.25) is 5.02 Å². The van der Waals surface area contributed by atoms with E-state index in [0.29, 0.717) is 6.42 Å². The van der Waals surface area contributed by atoms with Gasteiger partial charge in [0.15, 0.2) is 0 Å². The first-order valence-corrected chi connectivity index (χ1v) is 7.70. The topological polar surface area (TPSA) is 29.5 Å². The molecule has 0 spiro atoms. The Bertz CT molecular complexity index is 652. The summed E-state index contributed by atoms with van der Waals surface area (Å²) in [6.45, 7) is 2.74. The van der Waals surface area contributed by atoms with Gasteiger partial charge in [-0.05, 0) is 54.2 Å². The third-order valence-electron chi connectivity index (χ3n) is 4.03. The fourth-order valence-corrected chi connectivity index (χ4v) is 2.86. The molecule has 2 aromatic rings. The summed E-state index contributed by atoms with van der Waals surface area (Å²) >= 11 is 6.02. The van der Waals surface area contributed by atoms with Crippen molar-refractivity contribution in [1.29, 1.82) is 0 Å². The lowest BCUT2D eigenvalue weighted by molar-refractivity contribution is 0.168. The van der Waals surface area contributed by atoms with Gasteiger partial charge >= 0.3 is 0 Å². The summed E-state index contributed by atoms with van der Waals surface area (Å²) in [5.74, 6) is 1.01. The molecule has 0 aliphatic carbocycles. The van der Waals surface area contributed by atoms with Crippen molar-refractivity contribution < 1.29 is 9.84 Å². The minimum atomic E-state index is -0.453. The van der Waals surface area contributed by atoms with E-state index in [9.17, 15) is 5.11 Å². The monoisotopic (exact) mass is 302 g/mol. The first-order chi connectivity index (χ1) is 10.1. The van der Waals surface area contributed by atoms with Gasteiger partial charge in [0.25, 0.3) is 0 Å². The summed E-state index contributed by atoms with van der Waals surface area (Å²) in [5.41, 5.74) is 4.47. The highest BCUT2D eigenvalue weighted by Crippen LogP contribution is 2.28. The predicted molar refractivity (Wildman–Crippen MR) is 85.1 cm³/mol. The van der Waals surface area contributed by atoms with E-state index in [1.807, 2.05) is 31.2 Å². The van der Waals surface area contributed by atoms with Gasteiger partial charge in [-0.15, -0.1) is 0 Å². The molecule has 0 saturated carbocycles. The van der Waals surface area contributed by atoms with E-state index in [-0.39, 0.29) is 0 Å². The largest absolute Gasteiger partial charge is 0.493 e. The molecular formula is C18H19ClO2. The maximum Gasteiger partial charge on any atom is 0.122 e. The van der Waals surface area contributed by atoms with Gasteiger partial charge in [-0.3, -0.25) is 0 Å². The molecule has 0 amide bonds. The summed E-state index contributed by atoms with van der Waals surface area (Å²) in [6, 6.07) is 12.0. The molecule has 2 aromatic carbocycles. The number of benzene rings is 2. The van der Waals surface area contributed by atoms with Crippen LogP contribution < -0.4 is 4.74 Å². The zero-order valence-corrected chi connectivity index (χ0v) is 12.9. The van der Waals surface area contributed by atoms with Crippen LogP contribution in [0.3, 0.4) is 0 Å². The van der Waals surface area contributed by atoms with Crippen LogP contribution >= 0.6 is 11.6 Å². The molecule has 2 nitrogen and oxygen atoms in total. The molecule has 0 bridgehead atoms. The van der Waals surface area contributed by atoms with Crippen molar-refractivity contribution in [3.05, 3.63) is 63.7 Å². The SMILES string of the molecule is Cc1cc(C(O)CCc2ccc3c(c2)CCO3)ccc1Cl. The molecule has 0 radical (unpaired) electrons. The van der Waals surface area contributed by atoms with Crippen LogP contribution in [0.5, 0.6) is 5.75 Å². The van der Waals surface area contributed by atoms with Gasteiger partial charge in [0, 0.05) is 11.4 Å². The van der Waals surface area contributed by atoms with E-state index in [1.54, 1.807) is 0 Å². The van der Waals surface area contributed by atoms with Gasteiger partial charge in [-0.25, -0.2) is 0 Å². The maximum absolute atomic E-state index is 10.3. The molecule has 1 heterocycles. The fourth-order valence-electron chi connectivity index (χ4n) is 2.74. The van der Waals surface area contributed by atoms with Crippen molar-refractivity contribution in [3.8, 4) is 5.75 Å². The van der Waals surface area contributed by atoms with Crippen LogP contribution in [0.4, 0.5) is 0 Å². The highest BCUT2D eigenvalue weighted by molar-refractivity contribution is 6.31. The lowest BCUT2D eigenvalue weighted by Crippen LogP contribution is -2.00. The molecule has 0 fully saturated rings. The summed E-state index contributed by atoms with van der Waals surface area (Å²) in [6.07, 6.45) is 2.10. The van der Waals surface area contributed by atoms with Gasteiger partial charge in [-0.1, -0.05) is 35.9 Å². The molecule has 0 aromatic heterocycles. The van der Waals surface area contributed by atoms with E-state index in [2.05, 4.69) is 12.1 Å². The number of fused-ring (bicyclic) bond motifs is 1. The van der Waals surface area contributed by atoms with E-state index < -0.39 is 6.10 Å². The molecular weight excluding hydrogens is 284 g/mol. The maximum atomic E-state index is 10.3. The zero-order chi connectivity index (χ0) is 14.8. The Hall–Kier alpha value is -1.51. The van der Waals surface area contributed by atoms with Crippen molar-refractivity contribution in [2.24, 2.45) is 0 Å². The van der Waals surface area contributed by atoms with Crippen molar-refractivity contribution in [1.82, 2.24) is 0 Å². The molecule has 1 atom stereocenters. The lowest BCUT2D eigenvalue weighted by Gasteiger charge is -2.13. The van der Waals surface area contributed by atoms with Gasteiger partial charge in [0.2, 0.25) is 0 Å². The summed E-state index contributed by atoms with van der Waals surface area (Å²) in [5, 5.41) is 11.1. The average Bonchev–Trinajstić information content (AvgIpc) is 2.95. The summed E-state index contributed by atoms with van der Waals surface area (Å²) in [4.78, 5) is 0. The quantitative estimate of drug-likeness (QED) is 0.915. The molecule has 1 aliphatic rings. The van der Waals surface area contributed by atoms with E-state index in [1.165, 1.54) is 11.1 Å². The Morgan fingerprint density at radius 1 is 1.24 bits per heavy atom. The first kappa shape index (κ1) is 14.4. The number of halogens is 1. The number of rotatable bonds is 4. The Morgan fingerprint density at radius 3 is 2.90 bits per heavy atom. The van der Waals surface area contributed by atoms with Crippen molar-refractivity contribution in [2.45, 2.75) is 32.3 Å². The van der Waals surface area contributed by atoms with Crippen LogP contribution in [0, 0.1) is 6.92 Å². The van der Waals surface area contributed by atoms with Gasteiger partial charge < -0.3 is 9.84 Å². The van der Waals surface area contributed by atoms with Crippen molar-refractivity contribution >= 4 is 11.6 Å². The standard InChI is InChI=1S/C18H19ClO2/c1-12-10-14(4-5-16(12)19)17(20)6-2-13-3-7-18-15(11-13)8-9-21-18/h3-5,7,10-11,17,20H,2,6,8-9H2,1H3. The zero-order valence-electron chi connectivity index (χ0n) is 12.1. The number of hydrogen-bond acceptors (Lipinski definition) is 2. The average molecular weight is 303 g/mol. The molecule has 3 heteroatoms. The van der Waals surface area contributed by atoms with Crippen LogP contribution in [0.1, 0.15) is 34.8 Å². The fraction of sp³-hybridized carbons (Fsp3) is 0.333. The molecule has 1 aliphatic heterocycles. The van der Waals surface area contributed by atoms with Crippen LogP contribution in [-0.2, 0) is 12.8 Å². The molecule has 110 valence electrons. The third-order valence-corrected chi connectivity index (χ3v) is 4.45. The van der Waals surface area contributed by atoms with Gasteiger partial charge in [0.1, 0.15) is 5.75 Å². The van der Waals surface area contributed by atoms with Crippen LogP contribution in [0.25, 0.3) is 0 Å². The number of hydrogen-bond donors (Lipinski definition) is 1. The highest BCUT2D eigenvalue weighted by Gasteiger charge is 2.13. The normalized spacial score (nSPS) is 14.6. The molecule has 1 N–H and O–H groups in total. The van der Waals surface area contributed by atoms with Crippen molar-refractivity contribution in [2.75, 3.05) is 6.61 Å². The van der Waals surface area contributed by atoms with Gasteiger partial charge in [0.05, 0.1) is 12.7 Å². The minimum Gasteiger partial charge on any atom is -0.493 e. The second kappa shape index (κ2) is 6.08.